The van der Waals surface area contributed by atoms with E-state index in [1.807, 2.05) is 18.2 Å². The van der Waals surface area contributed by atoms with Crippen molar-refractivity contribution >= 4 is 21.8 Å². The van der Waals surface area contributed by atoms with Crippen molar-refractivity contribution in [3.63, 3.8) is 0 Å². The number of rotatable bonds is 7. The van der Waals surface area contributed by atoms with E-state index in [9.17, 15) is 4.79 Å². The standard InChI is InChI=1S/C14H21BrN2O2/c1-4-7-17-9-11-8-12(5-6-13(11)15)19-10(2)14(18)16-3/h5-6,8,10,17H,4,7,9H2,1-3H3,(H,16,18). The zero-order chi connectivity index (χ0) is 14.3. The van der Waals surface area contributed by atoms with Crippen molar-refractivity contribution in [2.75, 3.05) is 13.6 Å². The average molecular weight is 329 g/mol. The molecule has 0 heterocycles. The van der Waals surface area contributed by atoms with Gasteiger partial charge in [-0.3, -0.25) is 4.79 Å². The van der Waals surface area contributed by atoms with Crippen LogP contribution in [0.3, 0.4) is 0 Å². The molecule has 1 atom stereocenters. The minimum Gasteiger partial charge on any atom is -0.481 e. The fourth-order valence-corrected chi connectivity index (χ4v) is 2.01. The lowest BCUT2D eigenvalue weighted by Crippen LogP contribution is -2.33. The van der Waals surface area contributed by atoms with E-state index in [1.165, 1.54) is 0 Å². The van der Waals surface area contributed by atoms with E-state index in [0.29, 0.717) is 5.75 Å². The topological polar surface area (TPSA) is 50.4 Å². The molecule has 4 nitrogen and oxygen atoms in total. The molecule has 0 aliphatic rings. The van der Waals surface area contributed by atoms with Gasteiger partial charge in [-0.05, 0) is 43.7 Å². The van der Waals surface area contributed by atoms with Gasteiger partial charge in [0.05, 0.1) is 0 Å². The molecule has 1 aromatic carbocycles. The highest BCUT2D eigenvalue weighted by Gasteiger charge is 2.13. The Balaban J connectivity index is 2.69. The Kier molecular flexibility index (Phi) is 6.87. The number of carbonyl (C=O) groups is 1. The lowest BCUT2D eigenvalue weighted by atomic mass is 10.2. The minimum absolute atomic E-state index is 0.131. The summed E-state index contributed by atoms with van der Waals surface area (Å²) >= 11 is 3.52. The summed E-state index contributed by atoms with van der Waals surface area (Å²) in [6.45, 7) is 5.62. The molecule has 0 saturated heterocycles. The number of likely N-dealkylation sites (N-methyl/N-ethyl adjacent to an activating group) is 1. The second-order valence-corrected chi connectivity index (χ2v) is 5.16. The Labute approximate surface area is 123 Å². The molecule has 1 aromatic rings. The van der Waals surface area contributed by atoms with E-state index in [0.717, 1.165) is 29.5 Å². The smallest absolute Gasteiger partial charge is 0.260 e. The molecule has 1 unspecified atom stereocenters. The van der Waals surface area contributed by atoms with Gasteiger partial charge in [0.1, 0.15) is 5.75 Å². The summed E-state index contributed by atoms with van der Waals surface area (Å²) in [6.07, 6.45) is 0.601. The molecule has 1 rings (SSSR count). The van der Waals surface area contributed by atoms with E-state index in [2.05, 4.69) is 33.5 Å². The fourth-order valence-electron chi connectivity index (χ4n) is 1.62. The lowest BCUT2D eigenvalue weighted by molar-refractivity contribution is -0.126. The molecule has 106 valence electrons. The maximum Gasteiger partial charge on any atom is 0.260 e. The van der Waals surface area contributed by atoms with E-state index in [4.69, 9.17) is 4.74 Å². The number of carbonyl (C=O) groups excluding carboxylic acids is 1. The minimum atomic E-state index is -0.498. The van der Waals surface area contributed by atoms with E-state index < -0.39 is 6.10 Å². The molecule has 0 aliphatic heterocycles. The van der Waals surface area contributed by atoms with Crippen LogP contribution in [0.4, 0.5) is 0 Å². The highest BCUT2D eigenvalue weighted by atomic mass is 79.9. The van der Waals surface area contributed by atoms with Crippen LogP contribution < -0.4 is 15.4 Å². The Morgan fingerprint density at radius 1 is 1.47 bits per heavy atom. The van der Waals surface area contributed by atoms with Gasteiger partial charge in [0, 0.05) is 18.1 Å². The van der Waals surface area contributed by atoms with Gasteiger partial charge < -0.3 is 15.4 Å². The van der Waals surface area contributed by atoms with Crippen molar-refractivity contribution in [3.05, 3.63) is 28.2 Å². The Hall–Kier alpha value is -1.07. The van der Waals surface area contributed by atoms with Crippen LogP contribution in [0.5, 0.6) is 5.75 Å². The van der Waals surface area contributed by atoms with Crippen LogP contribution in [0.1, 0.15) is 25.8 Å². The molecule has 0 bridgehead atoms. The highest BCUT2D eigenvalue weighted by Crippen LogP contribution is 2.23. The summed E-state index contributed by atoms with van der Waals surface area (Å²) < 4.78 is 6.65. The number of amides is 1. The second kappa shape index (κ2) is 8.17. The van der Waals surface area contributed by atoms with Gasteiger partial charge in [0.25, 0.3) is 5.91 Å². The summed E-state index contributed by atoms with van der Waals surface area (Å²) in [5.41, 5.74) is 1.12. The van der Waals surface area contributed by atoms with Crippen molar-refractivity contribution in [3.8, 4) is 5.75 Å². The van der Waals surface area contributed by atoms with E-state index in [-0.39, 0.29) is 5.91 Å². The number of hydrogen-bond donors (Lipinski definition) is 2. The number of ether oxygens (including phenoxy) is 1. The molecule has 0 radical (unpaired) electrons. The molecular weight excluding hydrogens is 308 g/mol. The monoisotopic (exact) mass is 328 g/mol. The average Bonchev–Trinajstić information content (AvgIpc) is 2.41. The molecule has 5 heteroatoms. The predicted molar refractivity (Wildman–Crippen MR) is 80.3 cm³/mol. The van der Waals surface area contributed by atoms with Gasteiger partial charge in [-0.25, -0.2) is 0 Å². The van der Waals surface area contributed by atoms with Crippen molar-refractivity contribution in [1.82, 2.24) is 10.6 Å². The zero-order valence-electron chi connectivity index (χ0n) is 11.6. The third-order valence-electron chi connectivity index (χ3n) is 2.69. The lowest BCUT2D eigenvalue weighted by Gasteiger charge is -2.15. The Bertz CT molecular complexity index is 424. The largest absolute Gasteiger partial charge is 0.481 e. The van der Waals surface area contributed by atoms with Crippen LogP contribution in [0.25, 0.3) is 0 Å². The maximum atomic E-state index is 11.4. The van der Waals surface area contributed by atoms with Crippen LogP contribution in [0.2, 0.25) is 0 Å². The normalized spacial score (nSPS) is 12.0. The Morgan fingerprint density at radius 3 is 2.84 bits per heavy atom. The van der Waals surface area contributed by atoms with Crippen LogP contribution in [-0.2, 0) is 11.3 Å². The van der Waals surface area contributed by atoms with Crippen molar-refractivity contribution in [2.24, 2.45) is 0 Å². The molecule has 0 aromatic heterocycles. The molecule has 0 aliphatic carbocycles. The van der Waals surface area contributed by atoms with Crippen LogP contribution >= 0.6 is 15.9 Å². The van der Waals surface area contributed by atoms with E-state index >= 15 is 0 Å². The van der Waals surface area contributed by atoms with Crippen LogP contribution in [-0.4, -0.2) is 25.6 Å². The number of hydrogen-bond acceptors (Lipinski definition) is 3. The van der Waals surface area contributed by atoms with Crippen molar-refractivity contribution in [1.29, 1.82) is 0 Å². The van der Waals surface area contributed by atoms with Gasteiger partial charge in [-0.2, -0.15) is 0 Å². The summed E-state index contributed by atoms with van der Waals surface area (Å²) in [4.78, 5) is 11.4. The first-order chi connectivity index (χ1) is 9.08. The molecule has 0 spiro atoms. The first-order valence-corrected chi connectivity index (χ1v) is 7.25. The zero-order valence-corrected chi connectivity index (χ0v) is 13.2. The van der Waals surface area contributed by atoms with Crippen LogP contribution in [0.15, 0.2) is 22.7 Å². The molecule has 19 heavy (non-hydrogen) atoms. The van der Waals surface area contributed by atoms with Gasteiger partial charge in [0.2, 0.25) is 0 Å². The van der Waals surface area contributed by atoms with Crippen molar-refractivity contribution < 1.29 is 9.53 Å². The molecule has 0 saturated carbocycles. The maximum absolute atomic E-state index is 11.4. The molecule has 1 amide bonds. The summed E-state index contributed by atoms with van der Waals surface area (Å²) in [5.74, 6) is 0.571. The number of benzene rings is 1. The Morgan fingerprint density at radius 2 is 2.21 bits per heavy atom. The second-order valence-electron chi connectivity index (χ2n) is 4.30. The van der Waals surface area contributed by atoms with Crippen molar-refractivity contribution in [2.45, 2.75) is 32.9 Å². The fraction of sp³-hybridized carbons (Fsp3) is 0.500. The number of nitrogens with one attached hydrogen (secondary N) is 2. The van der Waals surface area contributed by atoms with Gasteiger partial charge in [-0.1, -0.05) is 22.9 Å². The summed E-state index contributed by atoms with van der Waals surface area (Å²) in [6, 6.07) is 5.74. The summed E-state index contributed by atoms with van der Waals surface area (Å²) in [7, 11) is 1.60. The molecule has 0 fully saturated rings. The molecular formula is C14H21BrN2O2. The van der Waals surface area contributed by atoms with Crippen LogP contribution in [0, 0.1) is 0 Å². The van der Waals surface area contributed by atoms with E-state index in [1.54, 1.807) is 14.0 Å². The quantitative estimate of drug-likeness (QED) is 0.756. The first kappa shape index (κ1) is 16.0. The first-order valence-electron chi connectivity index (χ1n) is 6.45. The third kappa shape index (κ3) is 5.20. The summed E-state index contributed by atoms with van der Waals surface area (Å²) in [5, 5.41) is 5.91. The van der Waals surface area contributed by atoms with Gasteiger partial charge >= 0.3 is 0 Å². The molecule has 2 N–H and O–H groups in total. The third-order valence-corrected chi connectivity index (χ3v) is 3.46. The number of halogens is 1. The van der Waals surface area contributed by atoms with Gasteiger partial charge in [0.15, 0.2) is 6.10 Å². The highest BCUT2D eigenvalue weighted by molar-refractivity contribution is 9.10. The predicted octanol–water partition coefficient (Wildman–Crippen LogP) is 2.46. The van der Waals surface area contributed by atoms with Gasteiger partial charge in [-0.15, -0.1) is 0 Å². The SMILES string of the molecule is CCCNCc1cc(OC(C)C(=O)NC)ccc1Br.